The molecule has 0 bridgehead atoms. The zero-order valence-electron chi connectivity index (χ0n) is 16.5. The normalized spacial score (nSPS) is 11.5. The van der Waals surface area contributed by atoms with Gasteiger partial charge in [0, 0.05) is 16.5 Å². The molecule has 0 aliphatic heterocycles. The van der Waals surface area contributed by atoms with E-state index >= 15 is 0 Å². The molecule has 148 valence electrons. The molecule has 6 heteroatoms. The number of benzene rings is 3. The predicted molar refractivity (Wildman–Crippen MR) is 125 cm³/mol. The highest BCUT2D eigenvalue weighted by atomic mass is 32.2. The molecule has 0 N–H and O–H groups in total. The molecule has 3 aromatic heterocycles. The summed E-state index contributed by atoms with van der Waals surface area (Å²) in [5, 5.41) is 10.0. The molecule has 0 spiro atoms. The molecule has 0 fully saturated rings. The van der Waals surface area contributed by atoms with Crippen LogP contribution in [0.25, 0.3) is 38.4 Å². The lowest BCUT2D eigenvalue weighted by atomic mass is 10.0. The van der Waals surface area contributed by atoms with E-state index in [0.29, 0.717) is 5.75 Å². The van der Waals surface area contributed by atoms with Gasteiger partial charge in [-0.1, -0.05) is 72.4 Å². The first kappa shape index (κ1) is 18.0. The summed E-state index contributed by atoms with van der Waals surface area (Å²) in [5.74, 6) is 0.716. The van der Waals surface area contributed by atoms with Crippen LogP contribution in [0.3, 0.4) is 0 Å². The standard InChI is InChI=1S/C25H17N5S/c1-2-8-17(9-3-1)30-24-21(14-28-30)25(27-16-26-24)31-15-23-20-12-5-4-10-18(20)19-11-6-7-13-22(19)29-23/h1-14,16H,15H2. The van der Waals surface area contributed by atoms with Crippen molar-refractivity contribution in [3.05, 3.63) is 97.1 Å². The smallest absolute Gasteiger partial charge is 0.167 e. The Morgan fingerprint density at radius 3 is 2.32 bits per heavy atom. The minimum absolute atomic E-state index is 0.716. The van der Waals surface area contributed by atoms with Crippen LogP contribution in [-0.4, -0.2) is 24.7 Å². The summed E-state index contributed by atoms with van der Waals surface area (Å²) in [6.45, 7) is 0. The van der Waals surface area contributed by atoms with E-state index in [9.17, 15) is 0 Å². The summed E-state index contributed by atoms with van der Waals surface area (Å²) in [5.41, 5.74) is 3.86. The number of hydrogen-bond donors (Lipinski definition) is 0. The van der Waals surface area contributed by atoms with E-state index in [2.05, 4.69) is 57.5 Å². The fourth-order valence-electron chi connectivity index (χ4n) is 3.92. The van der Waals surface area contributed by atoms with Gasteiger partial charge in [0.05, 0.1) is 28.5 Å². The fourth-order valence-corrected chi connectivity index (χ4v) is 4.83. The first-order valence-corrected chi connectivity index (χ1v) is 11.0. The first-order chi connectivity index (χ1) is 15.4. The van der Waals surface area contributed by atoms with Gasteiger partial charge in [0.25, 0.3) is 0 Å². The van der Waals surface area contributed by atoms with Crippen LogP contribution in [0.2, 0.25) is 0 Å². The van der Waals surface area contributed by atoms with Crippen LogP contribution >= 0.6 is 11.8 Å². The van der Waals surface area contributed by atoms with E-state index in [0.717, 1.165) is 33.0 Å². The van der Waals surface area contributed by atoms with Crippen LogP contribution in [0, 0.1) is 0 Å². The van der Waals surface area contributed by atoms with Gasteiger partial charge in [-0.2, -0.15) is 5.10 Å². The maximum atomic E-state index is 4.97. The van der Waals surface area contributed by atoms with Crippen molar-refractivity contribution in [3.63, 3.8) is 0 Å². The molecular weight excluding hydrogens is 402 g/mol. The third-order valence-corrected chi connectivity index (χ3v) is 6.38. The molecule has 5 nitrogen and oxygen atoms in total. The highest BCUT2D eigenvalue weighted by Gasteiger charge is 2.13. The highest BCUT2D eigenvalue weighted by Crippen LogP contribution is 2.32. The van der Waals surface area contributed by atoms with Gasteiger partial charge in [0.2, 0.25) is 0 Å². The van der Waals surface area contributed by atoms with Crippen LogP contribution in [0.1, 0.15) is 5.69 Å². The van der Waals surface area contributed by atoms with Crippen LogP contribution in [0.4, 0.5) is 0 Å². The quantitative estimate of drug-likeness (QED) is 0.205. The van der Waals surface area contributed by atoms with Gasteiger partial charge < -0.3 is 0 Å². The maximum Gasteiger partial charge on any atom is 0.167 e. The number of aromatic nitrogens is 5. The third kappa shape index (κ3) is 3.12. The third-order valence-electron chi connectivity index (χ3n) is 5.36. The summed E-state index contributed by atoms with van der Waals surface area (Å²) >= 11 is 1.67. The molecular formula is C25H17N5S. The second-order valence-electron chi connectivity index (χ2n) is 7.22. The number of hydrogen-bond acceptors (Lipinski definition) is 5. The molecule has 6 aromatic rings. The van der Waals surface area contributed by atoms with Crippen molar-refractivity contribution in [2.75, 3.05) is 0 Å². The minimum Gasteiger partial charge on any atom is -0.251 e. The Morgan fingerprint density at radius 1 is 0.710 bits per heavy atom. The summed E-state index contributed by atoms with van der Waals surface area (Å²) < 4.78 is 1.85. The van der Waals surface area contributed by atoms with Crippen molar-refractivity contribution in [3.8, 4) is 5.69 Å². The van der Waals surface area contributed by atoms with Crippen molar-refractivity contribution in [2.45, 2.75) is 10.8 Å². The number of nitrogens with zero attached hydrogens (tertiary/aromatic N) is 5. The number of pyridine rings is 1. The lowest BCUT2D eigenvalue weighted by Gasteiger charge is -2.09. The average Bonchev–Trinajstić information content (AvgIpc) is 3.28. The van der Waals surface area contributed by atoms with E-state index in [1.54, 1.807) is 18.1 Å². The second-order valence-corrected chi connectivity index (χ2v) is 8.18. The van der Waals surface area contributed by atoms with Crippen LogP contribution < -0.4 is 0 Å². The molecule has 3 heterocycles. The SMILES string of the molecule is c1ccc(-n2ncc3c(SCc4nc5ccccc5c5ccccc45)ncnc32)cc1. The number of para-hydroxylation sites is 2. The molecule has 0 saturated heterocycles. The zero-order valence-corrected chi connectivity index (χ0v) is 17.3. The van der Waals surface area contributed by atoms with Gasteiger partial charge in [-0.15, -0.1) is 0 Å². The van der Waals surface area contributed by atoms with Crippen molar-refractivity contribution >= 4 is 44.5 Å². The second kappa shape index (κ2) is 7.49. The Morgan fingerprint density at radius 2 is 1.45 bits per heavy atom. The summed E-state index contributed by atoms with van der Waals surface area (Å²) in [6.07, 6.45) is 3.45. The van der Waals surface area contributed by atoms with Crippen LogP contribution in [0.15, 0.2) is 96.4 Å². The molecule has 0 radical (unpaired) electrons. The van der Waals surface area contributed by atoms with Gasteiger partial charge in [0.15, 0.2) is 5.65 Å². The Kier molecular flexibility index (Phi) is 4.35. The average molecular weight is 420 g/mol. The van der Waals surface area contributed by atoms with Gasteiger partial charge in [-0.3, -0.25) is 4.98 Å². The Labute approximate surface area is 182 Å². The molecule has 0 atom stereocenters. The van der Waals surface area contributed by atoms with Crippen LogP contribution in [-0.2, 0) is 5.75 Å². The fraction of sp³-hybridized carbons (Fsp3) is 0.0400. The molecule has 6 rings (SSSR count). The van der Waals surface area contributed by atoms with Crippen molar-refractivity contribution in [2.24, 2.45) is 0 Å². The van der Waals surface area contributed by atoms with Gasteiger partial charge in [-0.05, 0) is 23.6 Å². The van der Waals surface area contributed by atoms with Gasteiger partial charge >= 0.3 is 0 Å². The molecule has 31 heavy (non-hydrogen) atoms. The molecule has 0 saturated carbocycles. The summed E-state index contributed by atoms with van der Waals surface area (Å²) in [6, 6.07) is 26.8. The largest absolute Gasteiger partial charge is 0.251 e. The van der Waals surface area contributed by atoms with E-state index in [-0.39, 0.29) is 0 Å². The lowest BCUT2D eigenvalue weighted by molar-refractivity contribution is 0.893. The minimum atomic E-state index is 0.716. The topological polar surface area (TPSA) is 56.5 Å². The van der Waals surface area contributed by atoms with Crippen molar-refractivity contribution in [1.82, 2.24) is 24.7 Å². The van der Waals surface area contributed by atoms with Gasteiger partial charge in [-0.25, -0.2) is 14.6 Å². The van der Waals surface area contributed by atoms with Crippen molar-refractivity contribution in [1.29, 1.82) is 0 Å². The zero-order chi connectivity index (χ0) is 20.6. The number of thioether (sulfide) groups is 1. The summed E-state index contributed by atoms with van der Waals surface area (Å²) in [7, 11) is 0. The molecule has 3 aromatic carbocycles. The first-order valence-electron chi connectivity index (χ1n) is 10.0. The Hall–Kier alpha value is -3.77. The predicted octanol–water partition coefficient (Wildman–Crippen LogP) is 5.81. The Balaban J connectivity index is 1.40. The summed E-state index contributed by atoms with van der Waals surface area (Å²) in [4.78, 5) is 14.0. The molecule has 0 unspecified atom stereocenters. The van der Waals surface area contributed by atoms with E-state index in [1.807, 2.05) is 47.3 Å². The lowest BCUT2D eigenvalue weighted by Crippen LogP contribution is -1.97. The number of fused-ring (bicyclic) bond motifs is 4. The Bertz CT molecular complexity index is 1540. The van der Waals surface area contributed by atoms with E-state index in [4.69, 9.17) is 4.98 Å². The van der Waals surface area contributed by atoms with Crippen LogP contribution in [0.5, 0.6) is 0 Å². The molecule has 0 aliphatic carbocycles. The van der Waals surface area contributed by atoms with Gasteiger partial charge in [0.1, 0.15) is 11.4 Å². The number of rotatable bonds is 4. The highest BCUT2D eigenvalue weighted by molar-refractivity contribution is 7.98. The van der Waals surface area contributed by atoms with E-state index < -0.39 is 0 Å². The molecule has 0 amide bonds. The monoisotopic (exact) mass is 419 g/mol. The van der Waals surface area contributed by atoms with Crippen molar-refractivity contribution < 1.29 is 0 Å². The molecule has 0 aliphatic rings. The van der Waals surface area contributed by atoms with E-state index in [1.165, 1.54) is 16.2 Å². The maximum absolute atomic E-state index is 4.97.